The van der Waals surface area contributed by atoms with E-state index in [0.717, 1.165) is 18.7 Å². The van der Waals surface area contributed by atoms with E-state index in [1.807, 2.05) is 30.3 Å². The number of aliphatic hydroxyl groups excluding tert-OH is 1. The minimum absolute atomic E-state index is 0.0877. The van der Waals surface area contributed by atoms with E-state index < -0.39 is 40.8 Å². The zero-order valence-electron chi connectivity index (χ0n) is 21.1. The maximum Gasteiger partial charge on any atom is 0.416 e. The van der Waals surface area contributed by atoms with Crippen molar-refractivity contribution < 1.29 is 36.2 Å². The highest BCUT2D eigenvalue weighted by Gasteiger charge is 2.45. The van der Waals surface area contributed by atoms with E-state index in [2.05, 4.69) is 10.2 Å². The second-order valence-electron chi connectivity index (χ2n) is 10.5. The molecule has 10 heteroatoms. The molecule has 1 atom stereocenters. The Labute approximate surface area is 218 Å². The number of carbonyl (C=O) groups excluding carboxylic acids is 1. The van der Waals surface area contributed by atoms with Crippen molar-refractivity contribution in [1.29, 1.82) is 0 Å². The number of amides is 1. The van der Waals surface area contributed by atoms with Crippen molar-refractivity contribution >= 4 is 5.91 Å². The Hall–Kier alpha value is -2.59. The summed E-state index contributed by atoms with van der Waals surface area (Å²) < 4.78 is 80.2. The molecule has 1 aliphatic carbocycles. The summed E-state index contributed by atoms with van der Waals surface area (Å²) in [6.07, 6.45) is -6.39. The second-order valence-corrected chi connectivity index (χ2v) is 10.5. The summed E-state index contributed by atoms with van der Waals surface area (Å²) in [5.74, 6) is -0.408. The molecule has 1 saturated carbocycles. The van der Waals surface area contributed by atoms with Crippen LogP contribution in [0.1, 0.15) is 73.7 Å². The summed E-state index contributed by atoms with van der Waals surface area (Å²) in [7, 11) is 0. The lowest BCUT2D eigenvalue weighted by molar-refractivity contribution is -0.143. The van der Waals surface area contributed by atoms with Crippen LogP contribution in [0.4, 0.5) is 26.3 Å². The predicted molar refractivity (Wildman–Crippen MR) is 130 cm³/mol. The first-order chi connectivity index (χ1) is 17.8. The number of alkyl halides is 6. The van der Waals surface area contributed by atoms with Gasteiger partial charge in [-0.05, 0) is 74.8 Å². The SMILES string of the molecule is CC(NC(=O)[C@]1(c2ccccc2)CC[C@@H](N2CCC(O)CC2)CC1)c1cc(C(F)(F)F)cc(C(F)(F)F)c1. The fourth-order valence-electron chi connectivity index (χ4n) is 5.76. The number of hydrogen-bond donors (Lipinski definition) is 2. The summed E-state index contributed by atoms with van der Waals surface area (Å²) in [6.45, 7) is 2.96. The average molecular weight is 543 g/mol. The fraction of sp³-hybridized carbons (Fsp3) is 0.536. The van der Waals surface area contributed by atoms with Gasteiger partial charge in [-0.3, -0.25) is 4.79 Å². The molecule has 2 fully saturated rings. The zero-order chi connectivity index (χ0) is 27.7. The maximum atomic E-state index is 13.8. The first kappa shape index (κ1) is 28.4. The first-order valence-electron chi connectivity index (χ1n) is 12.9. The molecule has 1 saturated heterocycles. The average Bonchev–Trinajstić information content (AvgIpc) is 2.88. The Morgan fingerprint density at radius 3 is 1.95 bits per heavy atom. The molecule has 208 valence electrons. The third-order valence-electron chi connectivity index (χ3n) is 8.04. The van der Waals surface area contributed by atoms with Crippen molar-refractivity contribution in [3.63, 3.8) is 0 Å². The number of hydrogen-bond acceptors (Lipinski definition) is 3. The van der Waals surface area contributed by atoms with Crippen molar-refractivity contribution in [3.05, 3.63) is 70.8 Å². The van der Waals surface area contributed by atoms with E-state index in [1.165, 1.54) is 6.92 Å². The molecule has 0 bridgehead atoms. The number of piperidine rings is 1. The monoisotopic (exact) mass is 542 g/mol. The number of benzene rings is 2. The third kappa shape index (κ3) is 6.17. The summed E-state index contributed by atoms with van der Waals surface area (Å²) in [5.41, 5.74) is -3.25. The second kappa shape index (κ2) is 10.9. The van der Waals surface area contributed by atoms with Crippen molar-refractivity contribution in [2.75, 3.05) is 13.1 Å². The zero-order valence-corrected chi connectivity index (χ0v) is 21.1. The van der Waals surface area contributed by atoms with Crippen LogP contribution in [0.2, 0.25) is 0 Å². The number of halogens is 6. The highest BCUT2D eigenvalue weighted by Crippen LogP contribution is 2.43. The van der Waals surface area contributed by atoms with E-state index in [0.29, 0.717) is 50.7 Å². The van der Waals surface area contributed by atoms with Gasteiger partial charge in [-0.2, -0.15) is 26.3 Å². The number of nitrogens with zero attached hydrogens (tertiary/aromatic N) is 1. The van der Waals surface area contributed by atoms with Crippen molar-refractivity contribution in [2.45, 2.75) is 81.4 Å². The Morgan fingerprint density at radius 1 is 0.921 bits per heavy atom. The minimum Gasteiger partial charge on any atom is -0.393 e. The molecule has 1 heterocycles. The lowest BCUT2D eigenvalue weighted by Crippen LogP contribution is -2.51. The smallest absolute Gasteiger partial charge is 0.393 e. The van der Waals surface area contributed by atoms with E-state index in [4.69, 9.17) is 0 Å². The van der Waals surface area contributed by atoms with Crippen LogP contribution >= 0.6 is 0 Å². The largest absolute Gasteiger partial charge is 0.416 e. The topological polar surface area (TPSA) is 52.6 Å². The first-order valence-corrected chi connectivity index (χ1v) is 12.9. The van der Waals surface area contributed by atoms with E-state index in [9.17, 15) is 36.2 Å². The molecule has 0 aromatic heterocycles. The molecule has 0 spiro atoms. The van der Waals surface area contributed by atoms with Crippen LogP contribution in [0.25, 0.3) is 0 Å². The van der Waals surface area contributed by atoms with Crippen LogP contribution in [0.15, 0.2) is 48.5 Å². The quantitative estimate of drug-likeness (QED) is 0.440. The van der Waals surface area contributed by atoms with Gasteiger partial charge >= 0.3 is 12.4 Å². The number of carbonyl (C=O) groups is 1. The Bertz CT molecular complexity index is 1070. The summed E-state index contributed by atoms with van der Waals surface area (Å²) in [6, 6.07) is 9.72. The van der Waals surface area contributed by atoms with Gasteiger partial charge in [0, 0.05) is 19.1 Å². The molecule has 1 amide bonds. The van der Waals surface area contributed by atoms with Gasteiger partial charge in [0.05, 0.1) is 28.7 Å². The van der Waals surface area contributed by atoms with Gasteiger partial charge in [0.15, 0.2) is 0 Å². The fourth-order valence-corrected chi connectivity index (χ4v) is 5.76. The molecule has 0 radical (unpaired) electrons. The highest BCUT2D eigenvalue weighted by molar-refractivity contribution is 5.88. The van der Waals surface area contributed by atoms with Gasteiger partial charge in [0.1, 0.15) is 0 Å². The van der Waals surface area contributed by atoms with Crippen LogP contribution in [0, 0.1) is 0 Å². The molecule has 38 heavy (non-hydrogen) atoms. The summed E-state index contributed by atoms with van der Waals surface area (Å²) >= 11 is 0. The number of nitrogens with one attached hydrogen (secondary N) is 1. The normalized spacial score (nSPS) is 24.7. The molecule has 4 rings (SSSR count). The molecule has 1 aliphatic heterocycles. The maximum absolute atomic E-state index is 13.8. The highest BCUT2D eigenvalue weighted by atomic mass is 19.4. The molecule has 1 unspecified atom stereocenters. The van der Waals surface area contributed by atoms with Gasteiger partial charge in [-0.25, -0.2) is 0 Å². The minimum atomic E-state index is -4.96. The molecule has 2 N–H and O–H groups in total. The summed E-state index contributed by atoms with van der Waals surface area (Å²) in [5, 5.41) is 12.6. The molecule has 4 nitrogen and oxygen atoms in total. The van der Waals surface area contributed by atoms with E-state index >= 15 is 0 Å². The van der Waals surface area contributed by atoms with Crippen LogP contribution in [0.3, 0.4) is 0 Å². The Morgan fingerprint density at radius 2 is 1.45 bits per heavy atom. The molecular weight excluding hydrogens is 510 g/mol. The molecule has 2 aromatic rings. The molecular formula is C28H32F6N2O2. The standard InChI is InChI=1S/C28H32F6N2O2/c1-18(19-15-21(27(29,30)31)17-22(16-19)28(32,33)34)35-25(38)26(20-5-3-2-4-6-20)11-7-23(8-12-26)36-13-9-24(37)10-14-36/h2-6,15-18,23-24,37H,7-14H2,1H3,(H,35,38)/t18?,23-,26-. The third-order valence-corrected chi connectivity index (χ3v) is 8.04. The molecule has 2 aromatic carbocycles. The van der Waals surface area contributed by atoms with Gasteiger partial charge < -0.3 is 15.3 Å². The lowest BCUT2D eigenvalue weighted by atomic mass is 9.67. The molecule has 2 aliphatic rings. The lowest BCUT2D eigenvalue weighted by Gasteiger charge is -2.44. The van der Waals surface area contributed by atoms with Gasteiger partial charge in [-0.15, -0.1) is 0 Å². The van der Waals surface area contributed by atoms with Crippen molar-refractivity contribution in [3.8, 4) is 0 Å². The number of likely N-dealkylation sites (tertiary alicyclic amines) is 1. The Balaban J connectivity index is 1.58. The van der Waals surface area contributed by atoms with Gasteiger partial charge in [-0.1, -0.05) is 30.3 Å². The Kier molecular flexibility index (Phi) is 8.14. The van der Waals surface area contributed by atoms with Crippen LogP contribution in [-0.4, -0.2) is 41.1 Å². The van der Waals surface area contributed by atoms with Crippen LogP contribution in [-0.2, 0) is 22.6 Å². The van der Waals surface area contributed by atoms with E-state index in [1.54, 1.807) is 0 Å². The van der Waals surface area contributed by atoms with Crippen molar-refractivity contribution in [1.82, 2.24) is 10.2 Å². The van der Waals surface area contributed by atoms with Crippen LogP contribution < -0.4 is 5.32 Å². The number of aliphatic hydroxyl groups is 1. The van der Waals surface area contributed by atoms with E-state index in [-0.39, 0.29) is 23.8 Å². The predicted octanol–water partition coefficient (Wildman–Crippen LogP) is 6.24. The van der Waals surface area contributed by atoms with Gasteiger partial charge in [0.25, 0.3) is 0 Å². The van der Waals surface area contributed by atoms with Gasteiger partial charge in [0.2, 0.25) is 5.91 Å². The van der Waals surface area contributed by atoms with Crippen LogP contribution in [0.5, 0.6) is 0 Å². The summed E-state index contributed by atoms with van der Waals surface area (Å²) in [4.78, 5) is 16.1. The van der Waals surface area contributed by atoms with Crippen molar-refractivity contribution in [2.24, 2.45) is 0 Å². The number of rotatable bonds is 5.